The summed E-state index contributed by atoms with van der Waals surface area (Å²) in [7, 11) is -3.18. The van der Waals surface area contributed by atoms with Crippen LogP contribution in [0.15, 0.2) is 97.1 Å². The molecule has 8 aromatic rings. The highest BCUT2D eigenvalue weighted by molar-refractivity contribution is 7.53. The van der Waals surface area contributed by atoms with E-state index in [1.54, 1.807) is 13.8 Å². The maximum atomic E-state index is 12.7. The molecule has 0 unspecified atom stereocenters. The molecule has 0 saturated carbocycles. The third kappa shape index (κ3) is 24.3. The number of benzene rings is 4. The number of nitrogens with zero attached hydrogens (tertiary/aromatic N) is 14. The summed E-state index contributed by atoms with van der Waals surface area (Å²) in [5.74, 6) is 5.46. The number of ether oxygens (including phenoxy) is 3. The molecule has 4 aromatic carbocycles. The molecule has 0 bridgehead atoms. The number of unbranched alkanes of at least 4 members (excludes halogenated alkanes) is 2. The summed E-state index contributed by atoms with van der Waals surface area (Å²) in [6, 6.07) is 34.4. The molecule has 7 aliphatic rings. The molecule has 10 N–H and O–H groups in total. The van der Waals surface area contributed by atoms with Gasteiger partial charge in [0, 0.05) is 100 Å². The Bertz CT molecular complexity index is 4650. The maximum Gasteiger partial charge on any atom is 0.332 e. The Labute approximate surface area is 686 Å². The zero-order valence-corrected chi connectivity index (χ0v) is 69.6. The molecule has 0 spiro atoms. The topological polar surface area (TPSA) is 382 Å². The number of nitrogens with two attached hydrogens (primary N) is 4. The smallest absolute Gasteiger partial charge is 0.332 e. The van der Waals surface area contributed by atoms with Gasteiger partial charge >= 0.3 is 19.6 Å². The average Bonchev–Trinajstić information content (AvgIpc) is 1.51. The molecule has 624 valence electrons. The lowest BCUT2D eigenvalue weighted by Crippen LogP contribution is -2.37. The number of nitrogen functional groups attached to an aromatic ring is 4. The van der Waals surface area contributed by atoms with Crippen LogP contribution in [-0.4, -0.2) is 184 Å². The molecule has 0 aliphatic carbocycles. The summed E-state index contributed by atoms with van der Waals surface area (Å²) in [6.07, 6.45) is 11.2. The van der Waals surface area contributed by atoms with Gasteiger partial charge in [0.1, 0.15) is 46.5 Å². The fourth-order valence-electron chi connectivity index (χ4n) is 15.5. The second kappa shape index (κ2) is 41.6. The normalized spacial score (nSPS) is 16.6. The van der Waals surface area contributed by atoms with Gasteiger partial charge in [0.05, 0.1) is 71.4 Å². The summed E-state index contributed by atoms with van der Waals surface area (Å²) in [5, 5.41) is 6.43. The van der Waals surface area contributed by atoms with Gasteiger partial charge < -0.3 is 76.4 Å². The van der Waals surface area contributed by atoms with Crippen molar-refractivity contribution in [2.75, 3.05) is 158 Å². The first-order chi connectivity index (χ1) is 56.6. The van der Waals surface area contributed by atoms with Crippen molar-refractivity contribution >= 4 is 89.2 Å². The Kier molecular flexibility index (Phi) is 30.5. The maximum absolute atomic E-state index is 12.7. The Morgan fingerprint density at radius 2 is 0.821 bits per heavy atom. The first-order valence-corrected chi connectivity index (χ1v) is 43.0. The molecule has 15 rings (SSSR count). The molecule has 3 saturated heterocycles. The van der Waals surface area contributed by atoms with Gasteiger partial charge in [-0.1, -0.05) is 135 Å². The third-order valence-electron chi connectivity index (χ3n) is 21.1. The quantitative estimate of drug-likeness (QED) is 0.0180. The number of nitrogens with one attached hydrogen (secondary N) is 2. The van der Waals surface area contributed by atoms with E-state index in [0.29, 0.717) is 155 Å². The molecule has 3 fully saturated rings. The summed E-state index contributed by atoms with van der Waals surface area (Å²) in [6.45, 7) is 25.5. The number of Topliss-reactive ketones (excluding diaryl/α,β-unsaturated/α-hetero) is 4. The number of aryl methyl sites for hydroxylation is 2. The lowest BCUT2D eigenvalue weighted by atomic mass is 10.0. The number of likely N-dealkylation sites (tertiary alicyclic amines) is 2. The van der Waals surface area contributed by atoms with Crippen LogP contribution < -0.4 is 62.6 Å². The number of hydrogen-bond donors (Lipinski definition) is 6. The van der Waals surface area contributed by atoms with E-state index in [0.717, 1.165) is 93.0 Å². The summed E-state index contributed by atoms with van der Waals surface area (Å²) < 4.78 is 40.1. The van der Waals surface area contributed by atoms with Crippen molar-refractivity contribution in [2.45, 2.75) is 170 Å². The van der Waals surface area contributed by atoms with Gasteiger partial charge in [-0.15, -0.1) is 0 Å². The molecule has 0 radical (unpaired) electrons. The molecule has 11 heterocycles. The standard InChI is InChI=1S/C25H37N6O4P.C23H30N6O2.2C19H24N4O2/c1-3-34-36(33,35-4-2)13-10-27-25-28-23(26)22-15-21(32)18-31(24(22)29-25)17-20-9-7-8-19(14-20)16-30-11-5-6-12-30;24-21-20-11-19(30)14-29(22(20)27-23(26-21)25-18-6-9-31-15-18)13-17-5-3-4-16(10-17)12-28-7-1-2-8-28;2*1-3-4-8-25-19-21-17(20)16-10-15(24)12-23(18(16)22-19)11-14-7-5-6-13(2)9-14/h7-9,14H,3-6,10-13,15-18H2,1-2H3,(H3,26,27,28,29);3-5,10,18H,1-2,6-9,11-15H2,(H3,24,25,26,27);2*5-7,9H,3-4,8,10-12H2,1-2H3,(H2,20,21,22)/t;18-;;/m.1../s1. The van der Waals surface area contributed by atoms with Crippen LogP contribution in [0.3, 0.4) is 0 Å². The van der Waals surface area contributed by atoms with Gasteiger partial charge in [-0.25, -0.2) is 0 Å². The fourth-order valence-corrected chi connectivity index (χ4v) is 17.0. The zero-order valence-electron chi connectivity index (χ0n) is 68.7. The van der Waals surface area contributed by atoms with E-state index in [1.807, 2.05) is 31.7 Å². The second-order valence-corrected chi connectivity index (χ2v) is 33.1. The van der Waals surface area contributed by atoms with Crippen LogP contribution in [0.25, 0.3) is 0 Å². The van der Waals surface area contributed by atoms with E-state index < -0.39 is 7.60 Å². The molecular formula is C86H115N20O10P. The number of carbonyl (C=O) groups excluding carboxylic acids is 4. The summed E-state index contributed by atoms with van der Waals surface area (Å²) >= 11 is 0. The second-order valence-electron chi connectivity index (χ2n) is 30.9. The summed E-state index contributed by atoms with van der Waals surface area (Å²) in [4.78, 5) is 97.9. The Morgan fingerprint density at radius 1 is 0.462 bits per heavy atom. The van der Waals surface area contributed by atoms with Gasteiger partial charge in [0.2, 0.25) is 11.9 Å². The van der Waals surface area contributed by atoms with E-state index in [4.69, 9.17) is 56.2 Å². The van der Waals surface area contributed by atoms with Gasteiger partial charge in [-0.3, -0.25) is 33.5 Å². The SMILES string of the molecule is CCCCOc1nc(N)c2c(n1)N(Cc1cccc(C)c1)CC(=O)C2.CCCCOc1nc(N)c2c(n1)N(Cc1cccc(C)c1)CC(=O)C2.CCOP(=O)(CCNc1nc(N)c2c(n1)N(Cc1cccc(CN3CCCC3)c1)CC(=O)C2)OCC.Nc1nc(N[C@@H]2CCOC2)nc2c1CC(=O)CN2Cc1cccc(CN2CCCC2)c1. The van der Waals surface area contributed by atoms with Crippen LogP contribution in [-0.2, 0) is 102 Å². The number of aromatic nitrogens is 8. The zero-order chi connectivity index (χ0) is 82.4. The lowest BCUT2D eigenvalue weighted by Gasteiger charge is -2.30. The molecule has 31 heteroatoms. The predicted molar refractivity (Wildman–Crippen MR) is 457 cm³/mol. The minimum atomic E-state index is -3.18. The van der Waals surface area contributed by atoms with Gasteiger partial charge in [-0.2, -0.15) is 39.9 Å². The van der Waals surface area contributed by atoms with Crippen molar-refractivity contribution in [2.24, 2.45) is 0 Å². The molecular weight excluding hydrogens is 1500 g/mol. The summed E-state index contributed by atoms with van der Waals surface area (Å²) in [5.41, 5.74) is 37.0. The van der Waals surface area contributed by atoms with Crippen LogP contribution in [0, 0.1) is 13.8 Å². The number of carbonyl (C=O) groups is 4. The van der Waals surface area contributed by atoms with E-state index >= 15 is 0 Å². The molecule has 0 amide bonds. The van der Waals surface area contributed by atoms with Crippen LogP contribution >= 0.6 is 7.60 Å². The molecule has 117 heavy (non-hydrogen) atoms. The number of hydrogen-bond acceptors (Lipinski definition) is 30. The van der Waals surface area contributed by atoms with E-state index in [-0.39, 0.29) is 79.0 Å². The Hall–Kier alpha value is -10.5. The van der Waals surface area contributed by atoms with Crippen molar-refractivity contribution in [3.63, 3.8) is 0 Å². The highest BCUT2D eigenvalue weighted by atomic mass is 31.2. The molecule has 30 nitrogen and oxygen atoms in total. The molecule has 1 atom stereocenters. The van der Waals surface area contributed by atoms with Crippen LogP contribution in [0.1, 0.15) is 152 Å². The van der Waals surface area contributed by atoms with E-state index in [1.165, 1.54) is 66.6 Å². The largest absolute Gasteiger partial charge is 0.463 e. The predicted octanol–water partition coefficient (Wildman–Crippen LogP) is 10.8. The van der Waals surface area contributed by atoms with Crippen molar-refractivity contribution in [1.29, 1.82) is 0 Å². The van der Waals surface area contributed by atoms with E-state index in [9.17, 15) is 23.7 Å². The number of ketones is 4. The Morgan fingerprint density at radius 3 is 1.20 bits per heavy atom. The minimum absolute atomic E-state index is 0.0843. The van der Waals surface area contributed by atoms with Crippen molar-refractivity contribution < 1.29 is 47.0 Å². The monoisotopic (exact) mass is 1620 g/mol. The fraction of sp³-hybridized carbons (Fsp3) is 0.488. The first-order valence-electron chi connectivity index (χ1n) is 41.3. The average molecular weight is 1620 g/mol. The number of fused-ring (bicyclic) bond motifs is 4. The van der Waals surface area contributed by atoms with Crippen LogP contribution in [0.2, 0.25) is 0 Å². The number of rotatable bonds is 30. The lowest BCUT2D eigenvalue weighted by molar-refractivity contribution is -0.118. The van der Waals surface area contributed by atoms with Crippen molar-refractivity contribution in [3.05, 3.63) is 164 Å². The minimum Gasteiger partial charge on any atom is -0.463 e. The molecule has 7 aliphatic heterocycles. The third-order valence-corrected chi connectivity index (χ3v) is 23.2. The highest BCUT2D eigenvalue weighted by Crippen LogP contribution is 2.47. The molecule has 4 aromatic heterocycles. The van der Waals surface area contributed by atoms with Gasteiger partial charge in [0.25, 0.3) is 0 Å². The van der Waals surface area contributed by atoms with Gasteiger partial charge in [-0.05, 0) is 132 Å². The van der Waals surface area contributed by atoms with Gasteiger partial charge in [0.15, 0.2) is 23.1 Å². The first kappa shape index (κ1) is 85.9. The van der Waals surface area contributed by atoms with Crippen molar-refractivity contribution in [3.8, 4) is 12.0 Å². The number of anilines is 10. The van der Waals surface area contributed by atoms with Crippen LogP contribution in [0.4, 0.5) is 58.4 Å². The van der Waals surface area contributed by atoms with Crippen molar-refractivity contribution in [1.82, 2.24) is 49.7 Å². The highest BCUT2D eigenvalue weighted by Gasteiger charge is 2.34. The van der Waals surface area contributed by atoms with Crippen LogP contribution in [0.5, 0.6) is 12.0 Å². The van der Waals surface area contributed by atoms with E-state index in [2.05, 4.69) is 163 Å². The Balaban J connectivity index is 0.000000145.